The van der Waals surface area contributed by atoms with Gasteiger partial charge in [0.1, 0.15) is 17.5 Å². The van der Waals surface area contributed by atoms with E-state index in [-0.39, 0.29) is 0 Å². The summed E-state index contributed by atoms with van der Waals surface area (Å²) in [5, 5.41) is 0. The number of likely N-dealkylation sites (N-methyl/N-ethyl adjacent to an activating group) is 1. The molecule has 5 nitrogen and oxygen atoms in total. The fraction of sp³-hybridized carbons (Fsp3) is 0.667. The van der Waals surface area contributed by atoms with E-state index < -0.39 is 0 Å². The number of hydrogen-bond acceptors (Lipinski definition) is 5. The SMILES string of the molecule is CCOCCN(C)c1nc(CC)nc(N)c1C. The molecule has 0 aromatic carbocycles. The average Bonchev–Trinajstić information content (AvgIpc) is 2.32. The summed E-state index contributed by atoms with van der Waals surface area (Å²) in [6.45, 7) is 8.18. The lowest BCUT2D eigenvalue weighted by molar-refractivity contribution is 0.154. The summed E-state index contributed by atoms with van der Waals surface area (Å²) in [6, 6.07) is 0. The Morgan fingerprint density at radius 1 is 1.29 bits per heavy atom. The van der Waals surface area contributed by atoms with Crippen LogP contribution in [0, 0.1) is 6.92 Å². The second-order valence-corrected chi connectivity index (χ2v) is 3.95. The van der Waals surface area contributed by atoms with Crippen molar-refractivity contribution in [1.29, 1.82) is 0 Å². The Balaban J connectivity index is 2.84. The van der Waals surface area contributed by atoms with Crippen molar-refractivity contribution in [3.8, 4) is 0 Å². The molecule has 0 aliphatic rings. The third-order valence-electron chi connectivity index (χ3n) is 2.66. The first-order valence-corrected chi connectivity index (χ1v) is 6.02. The van der Waals surface area contributed by atoms with Crippen molar-refractivity contribution in [3.63, 3.8) is 0 Å². The van der Waals surface area contributed by atoms with Gasteiger partial charge in [-0.2, -0.15) is 0 Å². The van der Waals surface area contributed by atoms with E-state index in [1.165, 1.54) is 0 Å². The maximum atomic E-state index is 5.88. The Kier molecular flexibility index (Phi) is 5.15. The minimum atomic E-state index is 0.565. The number of aromatic nitrogens is 2. The Labute approximate surface area is 103 Å². The van der Waals surface area contributed by atoms with Gasteiger partial charge in [-0.25, -0.2) is 9.97 Å². The van der Waals surface area contributed by atoms with Crippen LogP contribution in [0.3, 0.4) is 0 Å². The predicted octanol–water partition coefficient (Wildman–Crippen LogP) is 1.40. The quantitative estimate of drug-likeness (QED) is 0.759. The van der Waals surface area contributed by atoms with Gasteiger partial charge in [0.25, 0.3) is 0 Å². The Bertz CT molecular complexity index is 368. The smallest absolute Gasteiger partial charge is 0.137 e. The lowest BCUT2D eigenvalue weighted by atomic mass is 10.3. The molecule has 1 aromatic rings. The van der Waals surface area contributed by atoms with Crippen molar-refractivity contribution < 1.29 is 4.74 Å². The number of anilines is 2. The monoisotopic (exact) mass is 238 g/mol. The summed E-state index contributed by atoms with van der Waals surface area (Å²) in [5.74, 6) is 2.25. The van der Waals surface area contributed by atoms with Gasteiger partial charge in [0.05, 0.1) is 6.61 Å². The van der Waals surface area contributed by atoms with Crippen LogP contribution in [0.5, 0.6) is 0 Å². The third kappa shape index (κ3) is 3.56. The largest absolute Gasteiger partial charge is 0.383 e. The molecule has 0 radical (unpaired) electrons. The summed E-state index contributed by atoms with van der Waals surface area (Å²) in [6.07, 6.45) is 0.788. The van der Waals surface area contributed by atoms with Crippen LogP contribution in [0.15, 0.2) is 0 Å². The van der Waals surface area contributed by atoms with Crippen LogP contribution in [0.2, 0.25) is 0 Å². The highest BCUT2D eigenvalue weighted by molar-refractivity contribution is 5.56. The van der Waals surface area contributed by atoms with Gasteiger partial charge in [-0.1, -0.05) is 6.92 Å². The van der Waals surface area contributed by atoms with Crippen LogP contribution >= 0.6 is 0 Å². The summed E-state index contributed by atoms with van der Waals surface area (Å²) in [5.41, 5.74) is 6.81. The number of rotatable bonds is 6. The third-order valence-corrected chi connectivity index (χ3v) is 2.66. The zero-order valence-corrected chi connectivity index (χ0v) is 11.2. The minimum absolute atomic E-state index is 0.565. The van der Waals surface area contributed by atoms with Crippen LogP contribution < -0.4 is 10.6 Å². The maximum absolute atomic E-state index is 5.88. The first kappa shape index (κ1) is 13.7. The molecule has 0 aliphatic heterocycles. The van der Waals surface area contributed by atoms with Gasteiger partial charge in [0, 0.05) is 32.2 Å². The topological polar surface area (TPSA) is 64.3 Å². The Hall–Kier alpha value is -1.36. The van der Waals surface area contributed by atoms with Gasteiger partial charge in [-0.15, -0.1) is 0 Å². The molecule has 17 heavy (non-hydrogen) atoms. The molecule has 0 bridgehead atoms. The molecule has 0 saturated carbocycles. The summed E-state index contributed by atoms with van der Waals surface area (Å²) >= 11 is 0. The van der Waals surface area contributed by atoms with Gasteiger partial charge in [-0.3, -0.25) is 0 Å². The van der Waals surface area contributed by atoms with Crippen LogP contribution in [0.1, 0.15) is 25.2 Å². The number of hydrogen-bond donors (Lipinski definition) is 1. The fourth-order valence-corrected chi connectivity index (χ4v) is 1.55. The zero-order valence-electron chi connectivity index (χ0n) is 11.2. The second kappa shape index (κ2) is 6.39. The van der Waals surface area contributed by atoms with Crippen molar-refractivity contribution in [2.24, 2.45) is 0 Å². The van der Waals surface area contributed by atoms with Crippen molar-refractivity contribution in [1.82, 2.24) is 9.97 Å². The van der Waals surface area contributed by atoms with Gasteiger partial charge in [0.15, 0.2) is 0 Å². The molecule has 0 spiro atoms. The fourth-order valence-electron chi connectivity index (χ4n) is 1.55. The number of ether oxygens (including phenoxy) is 1. The van der Waals surface area contributed by atoms with Gasteiger partial charge in [0.2, 0.25) is 0 Å². The van der Waals surface area contributed by atoms with Crippen molar-refractivity contribution in [2.75, 3.05) is 37.4 Å². The molecule has 96 valence electrons. The molecule has 0 fully saturated rings. The van der Waals surface area contributed by atoms with E-state index in [1.807, 2.05) is 27.8 Å². The van der Waals surface area contributed by atoms with E-state index >= 15 is 0 Å². The lowest BCUT2D eigenvalue weighted by Crippen LogP contribution is -2.25. The molecule has 0 aliphatic carbocycles. The highest BCUT2D eigenvalue weighted by Crippen LogP contribution is 2.20. The zero-order chi connectivity index (χ0) is 12.8. The van der Waals surface area contributed by atoms with E-state index in [2.05, 4.69) is 14.9 Å². The van der Waals surface area contributed by atoms with Crippen molar-refractivity contribution >= 4 is 11.6 Å². The number of nitrogens with two attached hydrogens (primary N) is 1. The van der Waals surface area contributed by atoms with Crippen molar-refractivity contribution in [2.45, 2.75) is 27.2 Å². The first-order valence-electron chi connectivity index (χ1n) is 6.02. The maximum Gasteiger partial charge on any atom is 0.137 e. The Morgan fingerprint density at radius 3 is 2.59 bits per heavy atom. The molecule has 0 saturated heterocycles. The standard InChI is InChI=1S/C12H22N4O/c1-5-10-14-11(13)9(3)12(15-10)16(4)7-8-17-6-2/h5-8H2,1-4H3,(H2,13,14,15). The number of nitrogens with zero attached hydrogens (tertiary/aromatic N) is 3. The minimum Gasteiger partial charge on any atom is -0.383 e. The molecule has 1 rings (SSSR count). The number of nitrogen functional groups attached to an aromatic ring is 1. The normalized spacial score (nSPS) is 10.6. The van der Waals surface area contributed by atoms with Crippen LogP contribution in [-0.4, -0.2) is 36.8 Å². The van der Waals surface area contributed by atoms with Crippen LogP contribution in [0.4, 0.5) is 11.6 Å². The predicted molar refractivity (Wildman–Crippen MR) is 70.3 cm³/mol. The molecule has 5 heteroatoms. The highest BCUT2D eigenvalue weighted by atomic mass is 16.5. The summed E-state index contributed by atoms with van der Waals surface area (Å²) in [4.78, 5) is 10.8. The molecule has 1 aromatic heterocycles. The average molecular weight is 238 g/mol. The van der Waals surface area contributed by atoms with Crippen molar-refractivity contribution in [3.05, 3.63) is 11.4 Å². The van der Waals surface area contributed by atoms with E-state index in [9.17, 15) is 0 Å². The molecule has 0 atom stereocenters. The second-order valence-electron chi connectivity index (χ2n) is 3.95. The molecular weight excluding hydrogens is 216 g/mol. The highest BCUT2D eigenvalue weighted by Gasteiger charge is 2.11. The first-order chi connectivity index (χ1) is 8.10. The number of aryl methyl sites for hydroxylation is 1. The summed E-state index contributed by atoms with van der Waals surface area (Å²) < 4.78 is 5.34. The van der Waals surface area contributed by atoms with E-state index in [1.54, 1.807) is 0 Å². The summed E-state index contributed by atoms with van der Waals surface area (Å²) in [7, 11) is 1.99. The molecule has 0 amide bonds. The Morgan fingerprint density at radius 2 is 2.00 bits per heavy atom. The van der Waals surface area contributed by atoms with Gasteiger partial charge < -0.3 is 15.4 Å². The molecule has 0 unspecified atom stereocenters. The van der Waals surface area contributed by atoms with E-state index in [0.717, 1.165) is 36.8 Å². The molecular formula is C12H22N4O. The van der Waals surface area contributed by atoms with Crippen LogP contribution in [0.25, 0.3) is 0 Å². The molecule has 1 heterocycles. The van der Waals surface area contributed by atoms with E-state index in [0.29, 0.717) is 12.4 Å². The van der Waals surface area contributed by atoms with Gasteiger partial charge >= 0.3 is 0 Å². The molecule has 2 N–H and O–H groups in total. The van der Waals surface area contributed by atoms with Crippen LogP contribution in [-0.2, 0) is 11.2 Å². The lowest BCUT2D eigenvalue weighted by Gasteiger charge is -2.21. The van der Waals surface area contributed by atoms with E-state index in [4.69, 9.17) is 10.5 Å². The van der Waals surface area contributed by atoms with Gasteiger partial charge in [-0.05, 0) is 13.8 Å².